The Bertz CT molecular complexity index is 778. The summed E-state index contributed by atoms with van der Waals surface area (Å²) < 4.78 is 16.6. The third kappa shape index (κ3) is 5.17. The zero-order valence-electron chi connectivity index (χ0n) is 13.9. The molecule has 2 aromatic rings. The van der Waals surface area contributed by atoms with Crippen LogP contribution in [0.15, 0.2) is 22.0 Å². The fraction of sp³-hybridized carbons (Fsp3) is 0.312. The summed E-state index contributed by atoms with van der Waals surface area (Å²) in [6.45, 7) is 3.73. The molecule has 0 aliphatic rings. The minimum absolute atomic E-state index is 0.00205. The van der Waals surface area contributed by atoms with Crippen LogP contribution in [0.25, 0.3) is 0 Å². The second-order valence-corrected chi connectivity index (χ2v) is 6.54. The SMILES string of the molecule is CCOc1c(Br)cc(C(=O)OCc2csc(NC(C)=O)n2)cc1OC. The van der Waals surface area contributed by atoms with Crippen LogP contribution in [0.4, 0.5) is 5.13 Å². The maximum atomic E-state index is 12.3. The Labute approximate surface area is 157 Å². The molecule has 0 aliphatic heterocycles. The van der Waals surface area contributed by atoms with Crippen LogP contribution in [0.1, 0.15) is 29.9 Å². The van der Waals surface area contributed by atoms with E-state index in [2.05, 4.69) is 26.2 Å². The van der Waals surface area contributed by atoms with E-state index in [4.69, 9.17) is 14.2 Å². The Morgan fingerprint density at radius 2 is 2.12 bits per heavy atom. The van der Waals surface area contributed by atoms with Gasteiger partial charge in [-0.25, -0.2) is 9.78 Å². The molecule has 134 valence electrons. The van der Waals surface area contributed by atoms with Crippen molar-refractivity contribution >= 4 is 44.3 Å². The van der Waals surface area contributed by atoms with Gasteiger partial charge in [-0.05, 0) is 35.0 Å². The maximum absolute atomic E-state index is 12.3. The third-order valence-corrected chi connectivity index (χ3v) is 4.34. The van der Waals surface area contributed by atoms with Crippen LogP contribution in [0.5, 0.6) is 11.5 Å². The number of hydrogen-bond acceptors (Lipinski definition) is 7. The number of halogens is 1. The van der Waals surface area contributed by atoms with Gasteiger partial charge < -0.3 is 19.5 Å². The topological polar surface area (TPSA) is 86.8 Å². The molecule has 0 bridgehead atoms. The molecule has 0 aliphatic carbocycles. The molecule has 0 unspecified atom stereocenters. The summed E-state index contributed by atoms with van der Waals surface area (Å²) in [4.78, 5) is 27.4. The highest BCUT2D eigenvalue weighted by Gasteiger charge is 2.17. The number of benzene rings is 1. The Morgan fingerprint density at radius 1 is 1.36 bits per heavy atom. The molecule has 1 aromatic heterocycles. The van der Waals surface area contributed by atoms with Gasteiger partial charge in [0.1, 0.15) is 6.61 Å². The summed E-state index contributed by atoms with van der Waals surface area (Å²) in [5.74, 6) is 0.242. The molecule has 1 heterocycles. The minimum Gasteiger partial charge on any atom is -0.493 e. The van der Waals surface area contributed by atoms with Gasteiger partial charge in [0.15, 0.2) is 16.6 Å². The van der Waals surface area contributed by atoms with E-state index < -0.39 is 5.97 Å². The highest BCUT2D eigenvalue weighted by molar-refractivity contribution is 9.10. The van der Waals surface area contributed by atoms with Crippen molar-refractivity contribution in [3.63, 3.8) is 0 Å². The number of ether oxygens (including phenoxy) is 3. The Morgan fingerprint density at radius 3 is 2.76 bits per heavy atom. The molecular formula is C16H17BrN2O5S. The molecule has 7 nitrogen and oxygen atoms in total. The Kier molecular flexibility index (Phi) is 6.77. The number of rotatable bonds is 7. The number of anilines is 1. The van der Waals surface area contributed by atoms with E-state index in [-0.39, 0.29) is 12.5 Å². The lowest BCUT2D eigenvalue weighted by atomic mass is 10.2. The number of thiazole rings is 1. The Balaban J connectivity index is 2.06. The fourth-order valence-corrected chi connectivity index (χ4v) is 3.22. The van der Waals surface area contributed by atoms with E-state index in [0.29, 0.717) is 39.0 Å². The lowest BCUT2D eigenvalue weighted by Crippen LogP contribution is -2.08. The molecule has 0 saturated carbocycles. The molecule has 25 heavy (non-hydrogen) atoms. The highest BCUT2D eigenvalue weighted by atomic mass is 79.9. The van der Waals surface area contributed by atoms with Crippen molar-refractivity contribution in [2.75, 3.05) is 19.0 Å². The molecule has 1 amide bonds. The second kappa shape index (κ2) is 8.82. The van der Waals surface area contributed by atoms with Crippen LogP contribution in [-0.2, 0) is 16.1 Å². The van der Waals surface area contributed by atoms with Crippen LogP contribution in [0.2, 0.25) is 0 Å². The second-order valence-electron chi connectivity index (χ2n) is 4.82. The van der Waals surface area contributed by atoms with E-state index in [1.165, 1.54) is 25.4 Å². The average molecular weight is 429 g/mol. The van der Waals surface area contributed by atoms with Crippen LogP contribution in [-0.4, -0.2) is 30.6 Å². The molecule has 0 atom stereocenters. The number of methoxy groups -OCH3 is 1. The molecule has 1 aromatic carbocycles. The van der Waals surface area contributed by atoms with Crippen molar-refractivity contribution in [1.82, 2.24) is 4.98 Å². The molecule has 0 saturated heterocycles. The molecule has 1 N–H and O–H groups in total. The quantitative estimate of drug-likeness (QED) is 0.677. The standard InChI is InChI=1S/C16H17BrN2O5S/c1-4-23-14-12(17)5-10(6-13(14)22-3)15(21)24-7-11-8-25-16(19-11)18-9(2)20/h5-6,8H,4,7H2,1-3H3,(H,18,19,20). The van der Waals surface area contributed by atoms with Crippen LogP contribution in [0, 0.1) is 0 Å². The smallest absolute Gasteiger partial charge is 0.338 e. The number of nitrogens with one attached hydrogen (secondary N) is 1. The summed E-state index contributed by atoms with van der Waals surface area (Å²) in [6.07, 6.45) is 0. The van der Waals surface area contributed by atoms with E-state index in [9.17, 15) is 9.59 Å². The van der Waals surface area contributed by atoms with Gasteiger partial charge in [-0.2, -0.15) is 0 Å². The fourth-order valence-electron chi connectivity index (χ4n) is 1.93. The molecule has 0 radical (unpaired) electrons. The van der Waals surface area contributed by atoms with E-state index >= 15 is 0 Å². The number of hydrogen-bond donors (Lipinski definition) is 1. The van der Waals surface area contributed by atoms with E-state index in [1.54, 1.807) is 17.5 Å². The zero-order chi connectivity index (χ0) is 18.4. The van der Waals surface area contributed by atoms with Crippen LogP contribution in [0.3, 0.4) is 0 Å². The summed E-state index contributed by atoms with van der Waals surface area (Å²) in [5.41, 5.74) is 0.878. The first kappa shape index (κ1) is 19.2. The van der Waals surface area contributed by atoms with Gasteiger partial charge in [-0.1, -0.05) is 0 Å². The zero-order valence-corrected chi connectivity index (χ0v) is 16.3. The van der Waals surface area contributed by atoms with Crippen molar-refractivity contribution in [2.45, 2.75) is 20.5 Å². The van der Waals surface area contributed by atoms with Crippen molar-refractivity contribution in [3.8, 4) is 11.5 Å². The number of amides is 1. The normalized spacial score (nSPS) is 10.2. The summed E-state index contributed by atoms with van der Waals surface area (Å²) >= 11 is 4.63. The largest absolute Gasteiger partial charge is 0.493 e. The summed E-state index contributed by atoms with van der Waals surface area (Å²) in [7, 11) is 1.50. The summed E-state index contributed by atoms with van der Waals surface area (Å²) in [6, 6.07) is 3.17. The van der Waals surface area contributed by atoms with Gasteiger partial charge in [0.2, 0.25) is 5.91 Å². The molecule has 9 heteroatoms. The summed E-state index contributed by atoms with van der Waals surface area (Å²) in [5, 5.41) is 4.75. The first-order chi connectivity index (χ1) is 11.9. The monoisotopic (exact) mass is 428 g/mol. The highest BCUT2D eigenvalue weighted by Crippen LogP contribution is 2.36. The van der Waals surface area contributed by atoms with Crippen molar-refractivity contribution in [3.05, 3.63) is 33.2 Å². The predicted octanol–water partition coefficient (Wildman–Crippen LogP) is 3.63. The lowest BCUT2D eigenvalue weighted by Gasteiger charge is -2.13. The number of aromatic nitrogens is 1. The lowest BCUT2D eigenvalue weighted by molar-refractivity contribution is -0.114. The van der Waals surface area contributed by atoms with Gasteiger partial charge in [-0.3, -0.25) is 4.79 Å². The molecule has 0 spiro atoms. The number of nitrogens with zero attached hydrogens (tertiary/aromatic N) is 1. The molecular weight excluding hydrogens is 412 g/mol. The van der Waals surface area contributed by atoms with Crippen molar-refractivity contribution in [1.29, 1.82) is 0 Å². The molecule has 0 fully saturated rings. The van der Waals surface area contributed by atoms with Gasteiger partial charge in [0.05, 0.1) is 29.4 Å². The van der Waals surface area contributed by atoms with Crippen molar-refractivity contribution in [2.24, 2.45) is 0 Å². The van der Waals surface area contributed by atoms with Crippen molar-refractivity contribution < 1.29 is 23.8 Å². The van der Waals surface area contributed by atoms with Gasteiger partial charge in [0.25, 0.3) is 0 Å². The van der Waals surface area contributed by atoms with E-state index in [1.807, 2.05) is 6.92 Å². The average Bonchev–Trinajstić information content (AvgIpc) is 3.01. The number of esters is 1. The number of carbonyl (C=O) groups is 2. The van der Waals surface area contributed by atoms with Gasteiger partial charge in [-0.15, -0.1) is 11.3 Å². The van der Waals surface area contributed by atoms with E-state index in [0.717, 1.165) is 0 Å². The number of carbonyl (C=O) groups excluding carboxylic acids is 2. The maximum Gasteiger partial charge on any atom is 0.338 e. The van der Waals surface area contributed by atoms with Gasteiger partial charge in [0, 0.05) is 12.3 Å². The first-order valence-corrected chi connectivity index (χ1v) is 9.01. The van der Waals surface area contributed by atoms with Crippen LogP contribution >= 0.6 is 27.3 Å². The Hall–Kier alpha value is -2.13. The molecule has 2 rings (SSSR count). The van der Waals surface area contributed by atoms with Crippen LogP contribution < -0.4 is 14.8 Å². The third-order valence-electron chi connectivity index (χ3n) is 2.94. The van der Waals surface area contributed by atoms with Gasteiger partial charge >= 0.3 is 5.97 Å². The first-order valence-electron chi connectivity index (χ1n) is 7.34. The predicted molar refractivity (Wildman–Crippen MR) is 97.4 cm³/mol. The minimum atomic E-state index is -0.517.